The molecule has 1 aromatic carbocycles. The van der Waals surface area contributed by atoms with E-state index < -0.39 is 17.9 Å². The number of nitrogens with zero attached hydrogens (tertiary/aromatic N) is 2. The molecule has 1 aromatic rings. The molecule has 2 aliphatic rings. The molecule has 0 saturated carbocycles. The van der Waals surface area contributed by atoms with Crippen LogP contribution in [0.25, 0.3) is 5.57 Å². The maximum atomic E-state index is 12.9. The molecule has 1 atom stereocenters. The van der Waals surface area contributed by atoms with Gasteiger partial charge in [-0.15, -0.1) is 0 Å². The minimum atomic E-state index is -1.37. The van der Waals surface area contributed by atoms with Crippen molar-refractivity contribution >= 4 is 57.3 Å². The summed E-state index contributed by atoms with van der Waals surface area (Å²) < 4.78 is 0.121. The number of carboxylic acid groups (broad SMARTS) is 1. The fourth-order valence-electron chi connectivity index (χ4n) is 3.04. The molecule has 1 saturated heterocycles. The smallest absolute Gasteiger partial charge is 0.267 e. The Morgan fingerprint density at radius 1 is 1.20 bits per heavy atom. The summed E-state index contributed by atoms with van der Waals surface area (Å²) in [6.45, 7) is 3.35. The first-order valence-corrected chi connectivity index (χ1v) is 8.86. The summed E-state index contributed by atoms with van der Waals surface area (Å²) in [6, 6.07) is 5.97. The van der Waals surface area contributed by atoms with E-state index in [1.54, 1.807) is 39.1 Å². The molecule has 0 N–H and O–H groups in total. The molecule has 0 spiro atoms. The molecule has 0 radical (unpaired) electrons. The maximum absolute atomic E-state index is 12.9. The van der Waals surface area contributed by atoms with E-state index in [0.717, 1.165) is 16.7 Å². The van der Waals surface area contributed by atoms with E-state index in [-0.39, 0.29) is 26.6 Å². The molecule has 0 unspecified atom stereocenters. The van der Waals surface area contributed by atoms with Gasteiger partial charge in [0.25, 0.3) is 11.8 Å². The maximum Gasteiger partial charge on any atom is 0.267 e. The van der Waals surface area contributed by atoms with Crippen molar-refractivity contribution < 1.29 is 19.5 Å². The van der Waals surface area contributed by atoms with Crippen molar-refractivity contribution in [1.29, 1.82) is 0 Å². The molecule has 6 nitrogen and oxygen atoms in total. The minimum Gasteiger partial charge on any atom is -0.548 e. The van der Waals surface area contributed by atoms with E-state index in [9.17, 15) is 19.5 Å². The number of anilines is 1. The van der Waals surface area contributed by atoms with Crippen LogP contribution in [0.5, 0.6) is 0 Å². The van der Waals surface area contributed by atoms with Crippen molar-refractivity contribution in [3.05, 3.63) is 34.7 Å². The number of amides is 2. The first-order chi connectivity index (χ1) is 11.8. The molecule has 0 bridgehead atoms. The first kappa shape index (κ1) is 17.6. The molecule has 2 aliphatic heterocycles. The fourth-order valence-corrected chi connectivity index (χ4v) is 4.44. The molecule has 2 heterocycles. The predicted molar refractivity (Wildman–Crippen MR) is 97.4 cm³/mol. The zero-order valence-electron chi connectivity index (χ0n) is 13.8. The minimum absolute atomic E-state index is 0.121. The van der Waals surface area contributed by atoms with Crippen molar-refractivity contribution in [1.82, 2.24) is 4.90 Å². The number of hydrogen-bond donors (Lipinski definition) is 0. The van der Waals surface area contributed by atoms with Gasteiger partial charge in [0.05, 0.1) is 28.2 Å². The summed E-state index contributed by atoms with van der Waals surface area (Å²) in [5.41, 5.74) is 1.61. The molecular weight excluding hydrogens is 360 g/mol. The number of fused-ring (bicyclic) bond motifs is 1. The standard InChI is InChI=1S/C17H16N2O4S2/c1-8(2)12(16(22)23)19-15(21)13(25-17(19)24)11-9-6-4-5-7-10(9)18(3)14(11)20/h4-8,12H,1-3H3,(H,22,23)/p-1/b13-11+/t12-/m1/s1. The lowest BCUT2D eigenvalue weighted by molar-refractivity contribution is -0.311. The quantitative estimate of drug-likeness (QED) is 0.579. The summed E-state index contributed by atoms with van der Waals surface area (Å²) in [7, 11) is 1.63. The number of rotatable bonds is 3. The first-order valence-electron chi connectivity index (χ1n) is 7.63. The van der Waals surface area contributed by atoms with E-state index >= 15 is 0 Å². The Morgan fingerprint density at radius 2 is 1.84 bits per heavy atom. The monoisotopic (exact) mass is 375 g/mol. The Morgan fingerprint density at radius 3 is 2.44 bits per heavy atom. The molecule has 3 rings (SSSR count). The van der Waals surface area contributed by atoms with Crippen LogP contribution < -0.4 is 10.0 Å². The van der Waals surface area contributed by atoms with E-state index in [1.807, 2.05) is 6.07 Å². The number of likely N-dealkylation sites (N-methyl/N-ethyl adjacent to an activating group) is 1. The van der Waals surface area contributed by atoms with Crippen LogP contribution in [-0.2, 0) is 14.4 Å². The Labute approximate surface area is 154 Å². The normalized spacial score (nSPS) is 21.4. The summed E-state index contributed by atoms with van der Waals surface area (Å²) >= 11 is 6.19. The number of aliphatic carboxylic acids is 1. The molecule has 130 valence electrons. The average Bonchev–Trinajstić information content (AvgIpc) is 2.96. The number of carboxylic acids is 1. The number of carbonyl (C=O) groups excluding carboxylic acids is 3. The Balaban J connectivity index is 2.13. The number of para-hydroxylation sites is 1. The van der Waals surface area contributed by atoms with Crippen LogP contribution in [0.3, 0.4) is 0 Å². The molecule has 0 aromatic heterocycles. The highest BCUT2D eigenvalue weighted by Gasteiger charge is 2.44. The predicted octanol–water partition coefficient (Wildman–Crippen LogP) is 1.01. The van der Waals surface area contributed by atoms with Crippen LogP contribution >= 0.6 is 24.0 Å². The zero-order valence-corrected chi connectivity index (χ0v) is 15.4. The van der Waals surface area contributed by atoms with Gasteiger partial charge in [0.2, 0.25) is 0 Å². The Hall–Kier alpha value is -2.19. The van der Waals surface area contributed by atoms with Crippen LogP contribution in [-0.4, -0.2) is 40.1 Å². The van der Waals surface area contributed by atoms with Crippen LogP contribution in [0.15, 0.2) is 29.2 Å². The molecule has 0 aliphatic carbocycles. The van der Waals surface area contributed by atoms with Gasteiger partial charge >= 0.3 is 0 Å². The van der Waals surface area contributed by atoms with Gasteiger partial charge in [-0.05, 0) is 12.0 Å². The lowest BCUT2D eigenvalue weighted by atomic mass is 10.0. The fraction of sp³-hybridized carbons (Fsp3) is 0.294. The van der Waals surface area contributed by atoms with Crippen molar-refractivity contribution in [3.63, 3.8) is 0 Å². The van der Waals surface area contributed by atoms with E-state index in [4.69, 9.17) is 12.2 Å². The van der Waals surface area contributed by atoms with Gasteiger partial charge in [-0.3, -0.25) is 14.5 Å². The number of hydrogen-bond acceptors (Lipinski definition) is 6. The van der Waals surface area contributed by atoms with Gasteiger partial charge < -0.3 is 14.8 Å². The second-order valence-electron chi connectivity index (χ2n) is 6.14. The molecule has 1 fully saturated rings. The Bertz CT molecular complexity index is 847. The van der Waals surface area contributed by atoms with Crippen LogP contribution in [0.4, 0.5) is 5.69 Å². The largest absolute Gasteiger partial charge is 0.548 e. The van der Waals surface area contributed by atoms with Gasteiger partial charge in [-0.1, -0.05) is 56.0 Å². The zero-order chi connectivity index (χ0) is 18.5. The van der Waals surface area contributed by atoms with E-state index in [2.05, 4.69) is 0 Å². The van der Waals surface area contributed by atoms with Crippen LogP contribution in [0, 0.1) is 5.92 Å². The summed E-state index contributed by atoms with van der Waals surface area (Å²) in [5, 5.41) is 11.5. The highest BCUT2D eigenvalue weighted by atomic mass is 32.2. The lowest BCUT2D eigenvalue weighted by Crippen LogP contribution is -2.52. The van der Waals surface area contributed by atoms with Crippen molar-refractivity contribution in [2.75, 3.05) is 11.9 Å². The van der Waals surface area contributed by atoms with E-state index in [0.29, 0.717) is 11.3 Å². The van der Waals surface area contributed by atoms with Crippen LogP contribution in [0.2, 0.25) is 0 Å². The Kier molecular flexibility index (Phi) is 4.42. The molecule has 2 amide bonds. The third-order valence-electron chi connectivity index (χ3n) is 4.23. The lowest BCUT2D eigenvalue weighted by Gasteiger charge is -2.30. The number of carbonyl (C=O) groups is 3. The highest BCUT2D eigenvalue weighted by Crippen LogP contribution is 2.44. The van der Waals surface area contributed by atoms with Gasteiger partial charge in [0, 0.05) is 12.6 Å². The van der Waals surface area contributed by atoms with Crippen LogP contribution in [0.1, 0.15) is 19.4 Å². The molecule has 25 heavy (non-hydrogen) atoms. The topological polar surface area (TPSA) is 80.7 Å². The summed E-state index contributed by atoms with van der Waals surface area (Å²) in [4.78, 5) is 39.8. The second-order valence-corrected chi connectivity index (χ2v) is 7.78. The highest BCUT2D eigenvalue weighted by molar-refractivity contribution is 8.26. The second kappa shape index (κ2) is 6.27. The van der Waals surface area contributed by atoms with Gasteiger partial charge in [0.15, 0.2) is 0 Å². The molecule has 8 heteroatoms. The number of thiocarbonyl (C=S) groups is 1. The van der Waals surface area contributed by atoms with Crippen molar-refractivity contribution in [2.45, 2.75) is 19.9 Å². The summed E-state index contributed by atoms with van der Waals surface area (Å²) in [5.74, 6) is -2.62. The third kappa shape index (κ3) is 2.65. The average molecular weight is 375 g/mol. The SMILES string of the molecule is CC(C)[C@H](C(=O)[O-])N1C(=O)/C(=C2\C(=O)N(C)c3ccccc32)SC1=S. The number of thioether (sulfide) groups is 1. The van der Waals surface area contributed by atoms with Gasteiger partial charge in [-0.2, -0.15) is 0 Å². The van der Waals surface area contributed by atoms with E-state index in [1.165, 1.54) is 4.90 Å². The number of benzene rings is 1. The van der Waals surface area contributed by atoms with Crippen molar-refractivity contribution in [3.8, 4) is 0 Å². The third-order valence-corrected chi connectivity index (χ3v) is 5.63. The summed E-state index contributed by atoms with van der Waals surface area (Å²) in [6.07, 6.45) is 0. The van der Waals surface area contributed by atoms with Crippen molar-refractivity contribution in [2.24, 2.45) is 5.92 Å². The van der Waals surface area contributed by atoms with Gasteiger partial charge in [-0.25, -0.2) is 0 Å². The van der Waals surface area contributed by atoms with Gasteiger partial charge in [0.1, 0.15) is 4.32 Å². The molecular formula is C17H15N2O4S2-.